The molecule has 26 heavy (non-hydrogen) atoms. The highest BCUT2D eigenvalue weighted by Crippen LogP contribution is 2.21. The van der Waals surface area contributed by atoms with Crippen molar-refractivity contribution in [1.29, 1.82) is 0 Å². The van der Waals surface area contributed by atoms with Crippen LogP contribution >= 0.6 is 24.4 Å². The number of thiocarbonyl (C=S) groups is 2. The topological polar surface area (TPSA) is 48.1 Å². The standard InChI is InChI=1S/C20H36N4S2/c25-19(21-15-9-3-1-4-10-15)23-17-13-7-8-14-18(17)24-20(26)22-16-11-5-2-6-12-16/h15-18H,1-14H2,(H2,21,23,25)(H2,22,24,26)/t17-,18-/m1/s1. The van der Waals surface area contributed by atoms with Crippen molar-refractivity contribution in [2.45, 2.75) is 114 Å². The zero-order chi connectivity index (χ0) is 18.2. The Hall–Kier alpha value is -0.620. The number of rotatable bonds is 4. The highest BCUT2D eigenvalue weighted by atomic mass is 32.1. The van der Waals surface area contributed by atoms with Crippen LogP contribution in [0.5, 0.6) is 0 Å². The summed E-state index contributed by atoms with van der Waals surface area (Å²) in [5.41, 5.74) is 0. The SMILES string of the molecule is S=C(NC1CCCCC1)N[C@@H]1CCCC[C@H]1NC(=S)NC1CCCCC1. The summed E-state index contributed by atoms with van der Waals surface area (Å²) in [7, 11) is 0. The lowest BCUT2D eigenvalue weighted by atomic mass is 9.90. The van der Waals surface area contributed by atoms with Crippen molar-refractivity contribution in [1.82, 2.24) is 21.3 Å². The molecule has 0 aromatic heterocycles. The molecule has 0 aliphatic heterocycles. The Morgan fingerprint density at radius 1 is 0.462 bits per heavy atom. The third-order valence-electron chi connectivity index (χ3n) is 6.28. The highest BCUT2D eigenvalue weighted by Gasteiger charge is 2.27. The second-order valence-corrected chi connectivity index (χ2v) is 9.22. The van der Waals surface area contributed by atoms with Gasteiger partial charge in [-0.25, -0.2) is 0 Å². The van der Waals surface area contributed by atoms with Gasteiger partial charge >= 0.3 is 0 Å². The molecule has 0 saturated heterocycles. The van der Waals surface area contributed by atoms with Gasteiger partial charge in [0.1, 0.15) is 0 Å². The fourth-order valence-electron chi connectivity index (χ4n) is 4.76. The molecule has 0 radical (unpaired) electrons. The van der Waals surface area contributed by atoms with E-state index in [2.05, 4.69) is 21.3 Å². The van der Waals surface area contributed by atoms with Crippen LogP contribution in [0, 0.1) is 0 Å². The molecular weight excluding hydrogens is 360 g/mol. The van der Waals surface area contributed by atoms with E-state index in [9.17, 15) is 0 Å². The van der Waals surface area contributed by atoms with Crippen molar-refractivity contribution in [3.63, 3.8) is 0 Å². The maximum absolute atomic E-state index is 5.61. The van der Waals surface area contributed by atoms with E-state index in [1.54, 1.807) is 0 Å². The summed E-state index contributed by atoms with van der Waals surface area (Å²) in [5, 5.41) is 16.0. The molecule has 0 aromatic carbocycles. The van der Waals surface area contributed by atoms with Crippen LogP contribution in [0.4, 0.5) is 0 Å². The summed E-state index contributed by atoms with van der Waals surface area (Å²) in [4.78, 5) is 0. The molecule has 3 rings (SSSR count). The first-order chi connectivity index (χ1) is 12.7. The first kappa shape index (κ1) is 20.1. The second kappa shape index (κ2) is 10.6. The van der Waals surface area contributed by atoms with Gasteiger partial charge in [-0.05, 0) is 63.0 Å². The van der Waals surface area contributed by atoms with Crippen LogP contribution in [0.2, 0.25) is 0 Å². The molecular formula is C20H36N4S2. The van der Waals surface area contributed by atoms with Crippen LogP contribution in [-0.4, -0.2) is 34.4 Å². The average molecular weight is 397 g/mol. The lowest BCUT2D eigenvalue weighted by Crippen LogP contribution is -2.58. The van der Waals surface area contributed by atoms with Gasteiger partial charge in [0.25, 0.3) is 0 Å². The minimum atomic E-state index is 0.374. The van der Waals surface area contributed by atoms with E-state index in [0.717, 1.165) is 23.1 Å². The van der Waals surface area contributed by atoms with E-state index >= 15 is 0 Å². The van der Waals surface area contributed by atoms with Crippen LogP contribution in [0.3, 0.4) is 0 Å². The molecule has 3 fully saturated rings. The summed E-state index contributed by atoms with van der Waals surface area (Å²) in [5.74, 6) is 0. The lowest BCUT2D eigenvalue weighted by molar-refractivity contribution is 0.330. The molecule has 3 aliphatic rings. The highest BCUT2D eigenvalue weighted by molar-refractivity contribution is 7.80. The lowest BCUT2D eigenvalue weighted by Gasteiger charge is -2.36. The van der Waals surface area contributed by atoms with Gasteiger partial charge in [0, 0.05) is 24.2 Å². The number of nitrogens with one attached hydrogen (secondary N) is 4. The Morgan fingerprint density at radius 3 is 1.19 bits per heavy atom. The Bertz CT molecular complexity index is 417. The second-order valence-electron chi connectivity index (χ2n) is 8.40. The van der Waals surface area contributed by atoms with Gasteiger partial charge in [-0.3, -0.25) is 0 Å². The maximum Gasteiger partial charge on any atom is 0.166 e. The van der Waals surface area contributed by atoms with Gasteiger partial charge in [-0.1, -0.05) is 51.4 Å². The molecule has 2 atom stereocenters. The molecule has 148 valence electrons. The average Bonchev–Trinajstić information content (AvgIpc) is 2.65. The smallest absolute Gasteiger partial charge is 0.166 e. The summed E-state index contributed by atoms with van der Waals surface area (Å²) >= 11 is 11.2. The predicted octanol–water partition coefficient (Wildman–Crippen LogP) is 3.89. The first-order valence-corrected chi connectivity index (χ1v) is 11.7. The third-order valence-corrected chi connectivity index (χ3v) is 6.75. The Kier molecular flexibility index (Phi) is 8.24. The van der Waals surface area contributed by atoms with E-state index in [1.807, 2.05) is 0 Å². The Balaban J connectivity index is 1.44. The third kappa shape index (κ3) is 6.52. The minimum absolute atomic E-state index is 0.374. The Labute approximate surface area is 170 Å². The van der Waals surface area contributed by atoms with Gasteiger partial charge in [0.2, 0.25) is 0 Å². The monoisotopic (exact) mass is 396 g/mol. The molecule has 0 unspecified atom stereocenters. The predicted molar refractivity (Wildman–Crippen MR) is 118 cm³/mol. The van der Waals surface area contributed by atoms with Crippen LogP contribution in [0.1, 0.15) is 89.9 Å². The zero-order valence-electron chi connectivity index (χ0n) is 16.0. The summed E-state index contributed by atoms with van der Waals surface area (Å²) < 4.78 is 0. The summed E-state index contributed by atoms with van der Waals surface area (Å²) in [6.45, 7) is 0. The van der Waals surface area contributed by atoms with E-state index in [0.29, 0.717) is 24.2 Å². The molecule has 3 aliphatic carbocycles. The molecule has 4 N–H and O–H groups in total. The number of hydrogen-bond donors (Lipinski definition) is 4. The van der Waals surface area contributed by atoms with Crippen molar-refractivity contribution >= 4 is 34.7 Å². The van der Waals surface area contributed by atoms with Crippen molar-refractivity contribution in [3.8, 4) is 0 Å². The van der Waals surface area contributed by atoms with Gasteiger partial charge in [0.15, 0.2) is 10.2 Å². The van der Waals surface area contributed by atoms with Crippen LogP contribution < -0.4 is 21.3 Å². The van der Waals surface area contributed by atoms with Gasteiger partial charge in [0.05, 0.1) is 0 Å². The first-order valence-electron chi connectivity index (χ1n) is 10.8. The van der Waals surface area contributed by atoms with E-state index in [-0.39, 0.29) is 0 Å². The van der Waals surface area contributed by atoms with Crippen LogP contribution in [0.15, 0.2) is 0 Å². The largest absolute Gasteiger partial charge is 0.360 e. The number of hydrogen-bond acceptors (Lipinski definition) is 2. The van der Waals surface area contributed by atoms with Gasteiger partial charge in [-0.15, -0.1) is 0 Å². The fraction of sp³-hybridized carbons (Fsp3) is 0.900. The van der Waals surface area contributed by atoms with Crippen molar-refractivity contribution in [2.75, 3.05) is 0 Å². The van der Waals surface area contributed by atoms with Gasteiger partial charge < -0.3 is 21.3 Å². The molecule has 6 heteroatoms. The van der Waals surface area contributed by atoms with E-state index in [1.165, 1.54) is 77.0 Å². The zero-order valence-corrected chi connectivity index (χ0v) is 17.7. The fourth-order valence-corrected chi connectivity index (χ4v) is 5.40. The summed E-state index contributed by atoms with van der Waals surface area (Å²) in [6.07, 6.45) is 17.9. The molecule has 4 nitrogen and oxygen atoms in total. The van der Waals surface area contributed by atoms with Crippen molar-refractivity contribution < 1.29 is 0 Å². The molecule has 0 spiro atoms. The molecule has 0 heterocycles. The minimum Gasteiger partial charge on any atom is -0.360 e. The normalized spacial score (nSPS) is 28.2. The van der Waals surface area contributed by atoms with Crippen LogP contribution in [0.25, 0.3) is 0 Å². The molecule has 3 saturated carbocycles. The molecule has 0 amide bonds. The Morgan fingerprint density at radius 2 is 0.808 bits per heavy atom. The van der Waals surface area contributed by atoms with E-state index < -0.39 is 0 Å². The van der Waals surface area contributed by atoms with E-state index in [4.69, 9.17) is 24.4 Å². The van der Waals surface area contributed by atoms with Crippen LogP contribution in [-0.2, 0) is 0 Å². The van der Waals surface area contributed by atoms with Crippen molar-refractivity contribution in [2.24, 2.45) is 0 Å². The quantitative estimate of drug-likeness (QED) is 0.541. The van der Waals surface area contributed by atoms with Gasteiger partial charge in [-0.2, -0.15) is 0 Å². The summed E-state index contributed by atoms with van der Waals surface area (Å²) in [6, 6.07) is 1.87. The maximum atomic E-state index is 5.61. The molecule has 0 bridgehead atoms. The van der Waals surface area contributed by atoms with Crippen molar-refractivity contribution in [3.05, 3.63) is 0 Å². The molecule has 0 aromatic rings.